The SMILES string of the molecule is CC(C)(O)C1CCN(C(=O)c2ccnc3ccccc23)C1. The predicted octanol–water partition coefficient (Wildman–Crippen LogP) is 2.47. The molecule has 1 aliphatic heterocycles. The van der Waals surface area contributed by atoms with Crippen LogP contribution in [0, 0.1) is 5.92 Å². The first-order chi connectivity index (χ1) is 9.97. The van der Waals surface area contributed by atoms with Crippen molar-refractivity contribution in [2.75, 3.05) is 13.1 Å². The van der Waals surface area contributed by atoms with Crippen LogP contribution >= 0.6 is 0 Å². The van der Waals surface area contributed by atoms with Crippen LogP contribution in [0.15, 0.2) is 36.5 Å². The van der Waals surface area contributed by atoms with Crippen LogP contribution in [-0.2, 0) is 0 Å². The summed E-state index contributed by atoms with van der Waals surface area (Å²) in [6.45, 7) is 4.93. The molecule has 2 aromatic rings. The average Bonchev–Trinajstić information content (AvgIpc) is 2.96. The molecule has 4 heteroatoms. The Balaban J connectivity index is 1.89. The molecule has 0 aliphatic carbocycles. The van der Waals surface area contributed by atoms with Crippen LogP contribution < -0.4 is 0 Å². The first-order valence-corrected chi connectivity index (χ1v) is 7.32. The van der Waals surface area contributed by atoms with E-state index in [0.29, 0.717) is 18.7 Å². The van der Waals surface area contributed by atoms with Gasteiger partial charge in [0, 0.05) is 30.6 Å². The van der Waals surface area contributed by atoms with Crippen molar-refractivity contribution in [3.63, 3.8) is 0 Å². The van der Waals surface area contributed by atoms with E-state index in [-0.39, 0.29) is 11.8 Å². The minimum atomic E-state index is -0.741. The number of likely N-dealkylation sites (tertiary alicyclic amines) is 1. The molecule has 2 heterocycles. The maximum Gasteiger partial charge on any atom is 0.254 e. The number of nitrogens with zero attached hydrogens (tertiary/aromatic N) is 2. The van der Waals surface area contributed by atoms with Crippen LogP contribution in [0.5, 0.6) is 0 Å². The largest absolute Gasteiger partial charge is 0.390 e. The quantitative estimate of drug-likeness (QED) is 0.921. The molecule has 0 spiro atoms. The molecule has 1 unspecified atom stereocenters. The lowest BCUT2D eigenvalue weighted by Crippen LogP contribution is -2.35. The van der Waals surface area contributed by atoms with Gasteiger partial charge in [0.1, 0.15) is 0 Å². The maximum absolute atomic E-state index is 12.7. The zero-order chi connectivity index (χ0) is 15.0. The van der Waals surface area contributed by atoms with E-state index in [1.54, 1.807) is 12.3 Å². The molecule has 1 aromatic carbocycles. The highest BCUT2D eigenvalue weighted by atomic mass is 16.3. The highest BCUT2D eigenvalue weighted by Gasteiger charge is 2.35. The summed E-state index contributed by atoms with van der Waals surface area (Å²) in [4.78, 5) is 18.9. The van der Waals surface area contributed by atoms with Crippen molar-refractivity contribution in [2.45, 2.75) is 25.9 Å². The second-order valence-corrected chi connectivity index (χ2v) is 6.27. The van der Waals surface area contributed by atoms with Gasteiger partial charge in [-0.2, -0.15) is 0 Å². The van der Waals surface area contributed by atoms with Crippen molar-refractivity contribution in [2.24, 2.45) is 5.92 Å². The fourth-order valence-electron chi connectivity index (χ4n) is 2.97. The molecule has 1 atom stereocenters. The summed E-state index contributed by atoms with van der Waals surface area (Å²) >= 11 is 0. The van der Waals surface area contributed by atoms with Crippen LogP contribution in [0.25, 0.3) is 10.9 Å². The molecule has 4 nitrogen and oxygen atoms in total. The lowest BCUT2D eigenvalue weighted by molar-refractivity contribution is 0.0211. The molecule has 110 valence electrons. The van der Waals surface area contributed by atoms with E-state index in [9.17, 15) is 9.90 Å². The Labute approximate surface area is 124 Å². The third kappa shape index (κ3) is 2.63. The number of hydrogen-bond acceptors (Lipinski definition) is 3. The molecule has 1 N–H and O–H groups in total. The fourth-order valence-corrected chi connectivity index (χ4v) is 2.97. The van der Waals surface area contributed by atoms with E-state index in [1.165, 1.54) is 0 Å². The van der Waals surface area contributed by atoms with E-state index in [0.717, 1.165) is 17.3 Å². The summed E-state index contributed by atoms with van der Waals surface area (Å²) in [5.74, 6) is 0.162. The average molecular weight is 284 g/mol. The lowest BCUT2D eigenvalue weighted by atomic mass is 9.90. The number of fused-ring (bicyclic) bond motifs is 1. The normalized spacial score (nSPS) is 19.2. The number of hydrogen-bond donors (Lipinski definition) is 1. The minimum Gasteiger partial charge on any atom is -0.390 e. The zero-order valence-corrected chi connectivity index (χ0v) is 12.4. The topological polar surface area (TPSA) is 53.4 Å². The van der Waals surface area contributed by atoms with Crippen molar-refractivity contribution in [3.05, 3.63) is 42.1 Å². The van der Waals surface area contributed by atoms with Crippen molar-refractivity contribution >= 4 is 16.8 Å². The molecule has 0 bridgehead atoms. The first-order valence-electron chi connectivity index (χ1n) is 7.32. The van der Waals surface area contributed by atoms with Crippen LogP contribution in [0.3, 0.4) is 0 Å². The summed E-state index contributed by atoms with van der Waals surface area (Å²) in [5, 5.41) is 11.0. The smallest absolute Gasteiger partial charge is 0.254 e. The van der Waals surface area contributed by atoms with Gasteiger partial charge < -0.3 is 10.0 Å². The number of amides is 1. The highest BCUT2D eigenvalue weighted by molar-refractivity contribution is 6.06. The van der Waals surface area contributed by atoms with Gasteiger partial charge in [-0.05, 0) is 32.4 Å². The van der Waals surface area contributed by atoms with E-state index in [2.05, 4.69) is 4.98 Å². The van der Waals surface area contributed by atoms with Crippen molar-refractivity contribution < 1.29 is 9.90 Å². The third-order valence-electron chi connectivity index (χ3n) is 4.35. The number of aromatic nitrogens is 1. The molecule has 3 rings (SSSR count). The van der Waals surface area contributed by atoms with Gasteiger partial charge in [-0.3, -0.25) is 9.78 Å². The number of rotatable bonds is 2. The highest BCUT2D eigenvalue weighted by Crippen LogP contribution is 2.29. The second kappa shape index (κ2) is 5.11. The monoisotopic (exact) mass is 284 g/mol. The summed E-state index contributed by atoms with van der Waals surface area (Å²) < 4.78 is 0. The molecular weight excluding hydrogens is 264 g/mol. The van der Waals surface area contributed by atoms with Gasteiger partial charge >= 0.3 is 0 Å². The van der Waals surface area contributed by atoms with Gasteiger partial charge in [-0.15, -0.1) is 0 Å². The predicted molar refractivity (Wildman–Crippen MR) is 82.1 cm³/mol. The molecule has 1 amide bonds. The van der Waals surface area contributed by atoms with Crippen LogP contribution in [-0.4, -0.2) is 39.6 Å². The van der Waals surface area contributed by atoms with Crippen molar-refractivity contribution in [1.29, 1.82) is 0 Å². The summed E-state index contributed by atoms with van der Waals surface area (Å²) in [6, 6.07) is 9.46. The van der Waals surface area contributed by atoms with Gasteiger partial charge in [0.05, 0.1) is 16.7 Å². The number of pyridine rings is 1. The molecular formula is C17H20N2O2. The Morgan fingerprint density at radius 1 is 1.33 bits per heavy atom. The first kappa shape index (κ1) is 14.0. The van der Waals surface area contributed by atoms with Gasteiger partial charge in [-0.1, -0.05) is 18.2 Å². The Morgan fingerprint density at radius 2 is 2.10 bits per heavy atom. The van der Waals surface area contributed by atoms with E-state index in [4.69, 9.17) is 0 Å². The molecule has 1 saturated heterocycles. The number of benzene rings is 1. The summed E-state index contributed by atoms with van der Waals surface area (Å²) in [5.41, 5.74) is 0.786. The molecule has 1 fully saturated rings. The standard InChI is InChI=1S/C17H20N2O2/c1-17(2,21)12-8-10-19(11-12)16(20)14-7-9-18-15-6-4-3-5-13(14)15/h3-7,9,12,21H,8,10-11H2,1-2H3. The van der Waals surface area contributed by atoms with Crippen molar-refractivity contribution in [1.82, 2.24) is 9.88 Å². The maximum atomic E-state index is 12.7. The van der Waals surface area contributed by atoms with Gasteiger partial charge in [0.25, 0.3) is 5.91 Å². The molecule has 0 saturated carbocycles. The van der Waals surface area contributed by atoms with Crippen molar-refractivity contribution in [3.8, 4) is 0 Å². The Hall–Kier alpha value is -1.94. The Kier molecular flexibility index (Phi) is 3.41. The molecule has 1 aliphatic rings. The number of carbonyl (C=O) groups is 1. The number of para-hydroxylation sites is 1. The Bertz CT molecular complexity index is 671. The van der Waals surface area contributed by atoms with E-state index < -0.39 is 5.60 Å². The second-order valence-electron chi connectivity index (χ2n) is 6.27. The number of aliphatic hydroxyl groups is 1. The number of carbonyl (C=O) groups excluding carboxylic acids is 1. The van der Waals surface area contributed by atoms with E-state index in [1.807, 2.05) is 43.0 Å². The third-order valence-corrected chi connectivity index (χ3v) is 4.35. The molecule has 21 heavy (non-hydrogen) atoms. The minimum absolute atomic E-state index is 0.0281. The summed E-state index contributed by atoms with van der Waals surface area (Å²) in [7, 11) is 0. The zero-order valence-electron chi connectivity index (χ0n) is 12.4. The van der Waals surface area contributed by atoms with Crippen LogP contribution in [0.2, 0.25) is 0 Å². The van der Waals surface area contributed by atoms with Gasteiger partial charge in [-0.25, -0.2) is 0 Å². The summed E-state index contributed by atoms with van der Waals surface area (Å²) in [6.07, 6.45) is 2.53. The lowest BCUT2D eigenvalue weighted by Gasteiger charge is -2.25. The van der Waals surface area contributed by atoms with Crippen LogP contribution in [0.4, 0.5) is 0 Å². The van der Waals surface area contributed by atoms with Crippen LogP contribution in [0.1, 0.15) is 30.6 Å². The van der Waals surface area contributed by atoms with Gasteiger partial charge in [0.2, 0.25) is 0 Å². The Morgan fingerprint density at radius 3 is 2.81 bits per heavy atom. The fraction of sp³-hybridized carbons (Fsp3) is 0.412. The van der Waals surface area contributed by atoms with Gasteiger partial charge in [0.15, 0.2) is 0 Å². The van der Waals surface area contributed by atoms with E-state index >= 15 is 0 Å². The molecule has 0 radical (unpaired) electrons. The molecule has 1 aromatic heterocycles.